The van der Waals surface area contributed by atoms with Gasteiger partial charge in [-0.1, -0.05) is 27.7 Å². The molecule has 1 aromatic heterocycles. The minimum atomic E-state index is -0.216. The van der Waals surface area contributed by atoms with E-state index < -0.39 is 0 Å². The molecule has 0 bridgehead atoms. The van der Waals surface area contributed by atoms with Crippen LogP contribution in [0.25, 0.3) is 0 Å². The Hall–Kier alpha value is -0.410. The average Bonchev–Trinajstić information content (AvgIpc) is 2.74. The van der Waals surface area contributed by atoms with Gasteiger partial charge < -0.3 is 5.73 Å². The zero-order valence-electron chi connectivity index (χ0n) is 10.9. The Morgan fingerprint density at radius 1 is 1.38 bits per heavy atom. The first-order chi connectivity index (χ1) is 7.51. The van der Waals surface area contributed by atoms with Crippen LogP contribution in [0.2, 0.25) is 0 Å². The summed E-state index contributed by atoms with van der Waals surface area (Å²) >= 11 is 1.76. The molecule has 0 saturated carbocycles. The van der Waals surface area contributed by atoms with E-state index in [0.29, 0.717) is 0 Å². The van der Waals surface area contributed by atoms with Crippen LogP contribution in [0.4, 0.5) is 0 Å². The third-order valence-electron chi connectivity index (χ3n) is 3.26. The zero-order chi connectivity index (χ0) is 12.2. The summed E-state index contributed by atoms with van der Waals surface area (Å²) in [6.07, 6.45) is 4.21. The van der Waals surface area contributed by atoms with Gasteiger partial charge in [0.15, 0.2) is 0 Å². The van der Waals surface area contributed by atoms with E-state index in [1.165, 1.54) is 11.4 Å². The maximum atomic E-state index is 6.33. The molecule has 0 spiro atoms. The fraction of sp³-hybridized carbons (Fsp3) is 0.769. The van der Waals surface area contributed by atoms with Gasteiger partial charge in [0.05, 0.1) is 16.2 Å². The predicted octanol–water partition coefficient (Wildman–Crippen LogP) is 3.71. The summed E-state index contributed by atoms with van der Waals surface area (Å²) in [6.45, 7) is 8.77. The number of aromatic nitrogens is 1. The first-order valence-electron chi connectivity index (χ1n) is 6.25. The van der Waals surface area contributed by atoms with Crippen LogP contribution in [0.15, 0.2) is 5.38 Å². The highest BCUT2D eigenvalue weighted by atomic mass is 32.1. The zero-order valence-corrected chi connectivity index (χ0v) is 11.7. The summed E-state index contributed by atoms with van der Waals surface area (Å²) in [7, 11) is 0. The molecule has 2 N–H and O–H groups in total. The Bertz CT molecular complexity index is 313. The Morgan fingerprint density at radius 2 is 2.00 bits per heavy atom. The van der Waals surface area contributed by atoms with Crippen LogP contribution in [0.3, 0.4) is 0 Å². The molecular weight excluding hydrogens is 216 g/mol. The molecule has 2 nitrogen and oxygen atoms in total. The first-order valence-corrected chi connectivity index (χ1v) is 7.13. The number of nitrogens with zero attached hydrogens (tertiary/aromatic N) is 1. The van der Waals surface area contributed by atoms with Crippen molar-refractivity contribution in [2.75, 3.05) is 0 Å². The molecule has 0 unspecified atom stereocenters. The third-order valence-corrected chi connectivity index (χ3v) is 4.17. The SMILES string of the molecule is CCC(N)(CC)c1csc(CCC(C)C)n1. The molecule has 92 valence electrons. The van der Waals surface area contributed by atoms with E-state index in [1.54, 1.807) is 11.3 Å². The van der Waals surface area contributed by atoms with E-state index in [-0.39, 0.29) is 5.54 Å². The fourth-order valence-corrected chi connectivity index (χ4v) is 2.60. The minimum Gasteiger partial charge on any atom is -0.320 e. The molecule has 0 atom stereocenters. The summed E-state index contributed by atoms with van der Waals surface area (Å²) in [4.78, 5) is 4.69. The Labute approximate surface area is 103 Å². The molecule has 0 aliphatic heterocycles. The highest BCUT2D eigenvalue weighted by Gasteiger charge is 2.25. The topological polar surface area (TPSA) is 38.9 Å². The molecule has 1 aromatic rings. The summed E-state index contributed by atoms with van der Waals surface area (Å²) in [5, 5.41) is 3.38. The number of nitrogens with two attached hydrogens (primary N) is 1. The second-order valence-electron chi connectivity index (χ2n) is 4.92. The van der Waals surface area contributed by atoms with E-state index in [0.717, 1.165) is 30.9 Å². The van der Waals surface area contributed by atoms with Crippen molar-refractivity contribution in [3.05, 3.63) is 16.1 Å². The van der Waals surface area contributed by atoms with Crippen LogP contribution in [0.5, 0.6) is 0 Å². The van der Waals surface area contributed by atoms with E-state index >= 15 is 0 Å². The van der Waals surface area contributed by atoms with Gasteiger partial charge in [0.2, 0.25) is 0 Å². The van der Waals surface area contributed by atoms with E-state index in [4.69, 9.17) is 5.73 Å². The van der Waals surface area contributed by atoms with E-state index in [9.17, 15) is 0 Å². The van der Waals surface area contributed by atoms with Crippen LogP contribution in [0.1, 0.15) is 57.7 Å². The van der Waals surface area contributed by atoms with Gasteiger partial charge in [-0.2, -0.15) is 0 Å². The van der Waals surface area contributed by atoms with Gasteiger partial charge in [0, 0.05) is 5.38 Å². The lowest BCUT2D eigenvalue weighted by atomic mass is 9.91. The Kier molecular flexibility index (Phi) is 4.93. The monoisotopic (exact) mass is 240 g/mol. The molecule has 16 heavy (non-hydrogen) atoms. The van der Waals surface area contributed by atoms with Crippen molar-refractivity contribution >= 4 is 11.3 Å². The Morgan fingerprint density at radius 3 is 2.50 bits per heavy atom. The molecule has 0 saturated heterocycles. The number of aryl methyl sites for hydroxylation is 1. The van der Waals surface area contributed by atoms with Crippen molar-refractivity contribution < 1.29 is 0 Å². The van der Waals surface area contributed by atoms with Crippen molar-refractivity contribution in [1.82, 2.24) is 4.98 Å². The number of thiazole rings is 1. The van der Waals surface area contributed by atoms with Gasteiger partial charge in [-0.3, -0.25) is 0 Å². The molecule has 1 heterocycles. The van der Waals surface area contributed by atoms with Crippen LogP contribution < -0.4 is 5.73 Å². The lowest BCUT2D eigenvalue weighted by Gasteiger charge is -2.24. The summed E-state index contributed by atoms with van der Waals surface area (Å²) in [5.41, 5.74) is 7.20. The van der Waals surface area contributed by atoms with Crippen molar-refractivity contribution in [3.63, 3.8) is 0 Å². The van der Waals surface area contributed by atoms with Gasteiger partial charge in [0.25, 0.3) is 0 Å². The first kappa shape index (κ1) is 13.7. The van der Waals surface area contributed by atoms with E-state index in [1.807, 2.05) is 0 Å². The lowest BCUT2D eigenvalue weighted by Crippen LogP contribution is -2.35. The molecule has 0 aromatic carbocycles. The summed E-state index contributed by atoms with van der Waals surface area (Å²) in [5.74, 6) is 0.743. The highest BCUT2D eigenvalue weighted by Crippen LogP contribution is 2.27. The molecule has 0 fully saturated rings. The number of hydrogen-bond donors (Lipinski definition) is 1. The standard InChI is InChI=1S/C13H24N2S/c1-5-13(14,6-2)11-9-16-12(15-11)8-7-10(3)4/h9-10H,5-8,14H2,1-4H3. The molecule has 3 heteroatoms. The van der Waals surface area contributed by atoms with Gasteiger partial charge in [0.1, 0.15) is 0 Å². The fourth-order valence-electron chi connectivity index (χ4n) is 1.68. The van der Waals surface area contributed by atoms with Crippen LogP contribution in [-0.4, -0.2) is 4.98 Å². The van der Waals surface area contributed by atoms with E-state index in [2.05, 4.69) is 38.1 Å². The molecule has 0 radical (unpaired) electrons. The maximum Gasteiger partial charge on any atom is 0.0929 e. The third kappa shape index (κ3) is 3.29. The largest absolute Gasteiger partial charge is 0.320 e. The van der Waals surface area contributed by atoms with Crippen molar-refractivity contribution in [2.24, 2.45) is 11.7 Å². The predicted molar refractivity (Wildman–Crippen MR) is 71.7 cm³/mol. The average molecular weight is 240 g/mol. The number of rotatable bonds is 6. The molecule has 1 rings (SSSR count). The molecule has 0 aliphatic rings. The summed E-state index contributed by atoms with van der Waals surface area (Å²) in [6, 6.07) is 0. The lowest BCUT2D eigenvalue weighted by molar-refractivity contribution is 0.401. The Balaban J connectivity index is 2.70. The highest BCUT2D eigenvalue weighted by molar-refractivity contribution is 7.09. The molecule has 0 aliphatic carbocycles. The van der Waals surface area contributed by atoms with Gasteiger partial charge in [-0.25, -0.2) is 4.98 Å². The van der Waals surface area contributed by atoms with Crippen LogP contribution in [0, 0.1) is 5.92 Å². The van der Waals surface area contributed by atoms with Gasteiger partial charge in [-0.05, 0) is 31.6 Å². The second kappa shape index (κ2) is 5.78. The van der Waals surface area contributed by atoms with Crippen molar-refractivity contribution in [3.8, 4) is 0 Å². The molecular formula is C13H24N2S. The van der Waals surface area contributed by atoms with Gasteiger partial charge in [-0.15, -0.1) is 11.3 Å². The normalized spacial score (nSPS) is 12.4. The van der Waals surface area contributed by atoms with Crippen molar-refractivity contribution in [1.29, 1.82) is 0 Å². The summed E-state index contributed by atoms with van der Waals surface area (Å²) < 4.78 is 0. The van der Waals surface area contributed by atoms with Crippen molar-refractivity contribution in [2.45, 2.75) is 58.9 Å². The van der Waals surface area contributed by atoms with Gasteiger partial charge >= 0.3 is 0 Å². The smallest absolute Gasteiger partial charge is 0.0929 e. The minimum absolute atomic E-state index is 0.216. The number of hydrogen-bond acceptors (Lipinski definition) is 3. The molecule has 0 amide bonds. The second-order valence-corrected chi connectivity index (χ2v) is 5.86. The quantitative estimate of drug-likeness (QED) is 0.823. The maximum absolute atomic E-state index is 6.33. The van der Waals surface area contributed by atoms with Crippen LogP contribution in [-0.2, 0) is 12.0 Å². The van der Waals surface area contributed by atoms with Crippen LogP contribution >= 0.6 is 11.3 Å².